The lowest BCUT2D eigenvalue weighted by Crippen LogP contribution is -2.43. The van der Waals surface area contributed by atoms with E-state index in [9.17, 15) is 14.7 Å². The topological polar surface area (TPSA) is 75.6 Å². The van der Waals surface area contributed by atoms with Crippen LogP contribution in [-0.4, -0.2) is 28.8 Å². The van der Waals surface area contributed by atoms with Gasteiger partial charge in [-0.3, -0.25) is 0 Å². The Morgan fingerprint density at radius 1 is 1.33 bits per heavy atom. The molecule has 0 fully saturated rings. The summed E-state index contributed by atoms with van der Waals surface area (Å²) in [6, 6.07) is 6.91. The Morgan fingerprint density at radius 3 is 2.52 bits per heavy atom. The van der Waals surface area contributed by atoms with Crippen LogP contribution in [0.5, 0.6) is 0 Å². The minimum atomic E-state index is -1.06. The predicted octanol–water partition coefficient (Wildman–Crippen LogP) is 2.91. The number of amides is 1. The van der Waals surface area contributed by atoms with Crippen LogP contribution in [0.4, 0.5) is 4.79 Å². The van der Waals surface area contributed by atoms with Crippen molar-refractivity contribution in [1.82, 2.24) is 5.32 Å². The van der Waals surface area contributed by atoms with E-state index in [0.717, 1.165) is 11.1 Å². The van der Waals surface area contributed by atoms with Gasteiger partial charge in [0.15, 0.2) is 0 Å². The molecule has 116 valence electrons. The lowest BCUT2D eigenvalue weighted by atomic mass is 10.0. The fraction of sp³-hybridized carbons (Fsp3) is 0.500. The number of carbonyl (C=O) groups is 2. The van der Waals surface area contributed by atoms with Crippen LogP contribution in [0.1, 0.15) is 38.3 Å². The molecule has 0 aliphatic rings. The average Bonchev–Trinajstić information content (AvgIpc) is 2.32. The summed E-state index contributed by atoms with van der Waals surface area (Å²) in [4.78, 5) is 22.9. The van der Waals surface area contributed by atoms with Crippen LogP contribution in [0.2, 0.25) is 0 Å². The number of hydrogen-bond donors (Lipinski definition) is 2. The van der Waals surface area contributed by atoms with Crippen molar-refractivity contribution in [2.75, 3.05) is 0 Å². The number of aliphatic carboxylic acids is 1. The summed E-state index contributed by atoms with van der Waals surface area (Å²) in [6.07, 6.45) is 0.186. The van der Waals surface area contributed by atoms with Gasteiger partial charge in [0, 0.05) is 0 Å². The number of benzene rings is 1. The van der Waals surface area contributed by atoms with Crippen LogP contribution < -0.4 is 5.32 Å². The number of rotatable bonds is 5. The van der Waals surface area contributed by atoms with Crippen LogP contribution in [0.3, 0.4) is 0 Å². The molecule has 1 unspecified atom stereocenters. The van der Waals surface area contributed by atoms with Crippen LogP contribution >= 0.6 is 0 Å². The zero-order valence-electron chi connectivity index (χ0n) is 13.0. The van der Waals surface area contributed by atoms with E-state index in [1.54, 1.807) is 20.8 Å². The highest BCUT2D eigenvalue weighted by atomic mass is 16.6. The number of nitrogens with one attached hydrogen (secondary N) is 1. The number of aryl methyl sites for hydroxylation is 2. The zero-order chi connectivity index (χ0) is 16.0. The van der Waals surface area contributed by atoms with Crippen molar-refractivity contribution in [2.45, 2.75) is 52.2 Å². The van der Waals surface area contributed by atoms with Crippen molar-refractivity contribution in [3.63, 3.8) is 0 Å². The lowest BCUT2D eigenvalue weighted by molar-refractivity contribution is -0.139. The second-order valence-corrected chi connectivity index (χ2v) is 6.06. The van der Waals surface area contributed by atoms with Gasteiger partial charge >= 0.3 is 12.1 Å². The van der Waals surface area contributed by atoms with Gasteiger partial charge in [-0.1, -0.05) is 29.8 Å². The van der Waals surface area contributed by atoms with Crippen LogP contribution in [0, 0.1) is 6.92 Å². The molecule has 21 heavy (non-hydrogen) atoms. The monoisotopic (exact) mass is 293 g/mol. The SMILES string of the molecule is Cc1cccc(CCC(NC(=O)OC(C)(C)C)C(=O)O)c1. The number of hydrogen-bond acceptors (Lipinski definition) is 3. The molecule has 0 aliphatic carbocycles. The molecular formula is C16H23NO4. The summed E-state index contributed by atoms with van der Waals surface area (Å²) >= 11 is 0. The van der Waals surface area contributed by atoms with E-state index >= 15 is 0 Å². The summed E-state index contributed by atoms with van der Waals surface area (Å²) in [5, 5.41) is 11.6. The molecule has 0 radical (unpaired) electrons. The zero-order valence-corrected chi connectivity index (χ0v) is 13.0. The molecule has 2 N–H and O–H groups in total. The molecule has 0 spiro atoms. The number of alkyl carbamates (subject to hydrolysis) is 1. The van der Waals surface area contributed by atoms with Gasteiger partial charge in [0.1, 0.15) is 11.6 Å². The highest BCUT2D eigenvalue weighted by Crippen LogP contribution is 2.10. The van der Waals surface area contributed by atoms with Gasteiger partial charge in [-0.25, -0.2) is 9.59 Å². The first-order chi connectivity index (χ1) is 9.67. The number of ether oxygens (including phenoxy) is 1. The molecular weight excluding hydrogens is 270 g/mol. The van der Waals surface area contributed by atoms with Crippen molar-refractivity contribution in [3.8, 4) is 0 Å². The Bertz CT molecular complexity index is 505. The summed E-state index contributed by atoms with van der Waals surface area (Å²) in [5.74, 6) is -1.06. The molecule has 0 saturated heterocycles. The average molecular weight is 293 g/mol. The van der Waals surface area contributed by atoms with Crippen molar-refractivity contribution < 1.29 is 19.4 Å². The van der Waals surface area contributed by atoms with Gasteiger partial charge in [-0.15, -0.1) is 0 Å². The number of carboxylic acids is 1. The predicted molar refractivity (Wildman–Crippen MR) is 80.3 cm³/mol. The minimum absolute atomic E-state index is 0.317. The van der Waals surface area contributed by atoms with E-state index in [4.69, 9.17) is 4.74 Å². The molecule has 1 amide bonds. The summed E-state index contributed by atoms with van der Waals surface area (Å²) in [6.45, 7) is 7.18. The molecule has 0 saturated carbocycles. The standard InChI is InChI=1S/C16H23NO4/c1-11-6-5-7-12(10-11)8-9-13(14(18)19)17-15(20)21-16(2,3)4/h5-7,10,13H,8-9H2,1-4H3,(H,17,20)(H,18,19). The van der Waals surface area contributed by atoms with Crippen LogP contribution in [0.15, 0.2) is 24.3 Å². The van der Waals surface area contributed by atoms with Gasteiger partial charge in [0.25, 0.3) is 0 Å². The second-order valence-electron chi connectivity index (χ2n) is 6.06. The van der Waals surface area contributed by atoms with Crippen molar-refractivity contribution in [3.05, 3.63) is 35.4 Å². The van der Waals surface area contributed by atoms with Crippen molar-refractivity contribution in [2.24, 2.45) is 0 Å². The summed E-state index contributed by atoms with van der Waals surface area (Å²) < 4.78 is 5.08. The van der Waals surface area contributed by atoms with Gasteiger partial charge in [-0.05, 0) is 46.1 Å². The van der Waals surface area contributed by atoms with Gasteiger partial charge in [-0.2, -0.15) is 0 Å². The largest absolute Gasteiger partial charge is 0.480 e. The Morgan fingerprint density at radius 2 is 2.00 bits per heavy atom. The molecule has 1 aromatic carbocycles. The second kappa shape index (κ2) is 7.11. The van der Waals surface area contributed by atoms with E-state index in [2.05, 4.69) is 5.32 Å². The third-order valence-electron chi connectivity index (χ3n) is 2.79. The smallest absolute Gasteiger partial charge is 0.408 e. The maximum Gasteiger partial charge on any atom is 0.408 e. The highest BCUT2D eigenvalue weighted by Gasteiger charge is 2.23. The first-order valence-electron chi connectivity index (χ1n) is 6.95. The quantitative estimate of drug-likeness (QED) is 0.875. The lowest BCUT2D eigenvalue weighted by Gasteiger charge is -2.22. The third kappa shape index (κ3) is 6.79. The van der Waals surface area contributed by atoms with Gasteiger partial charge < -0.3 is 15.2 Å². The van der Waals surface area contributed by atoms with Crippen molar-refractivity contribution in [1.29, 1.82) is 0 Å². The molecule has 1 aromatic rings. The number of carboxylic acid groups (broad SMARTS) is 1. The van der Waals surface area contributed by atoms with E-state index in [-0.39, 0.29) is 0 Å². The highest BCUT2D eigenvalue weighted by molar-refractivity contribution is 5.80. The van der Waals surface area contributed by atoms with E-state index in [0.29, 0.717) is 12.8 Å². The van der Waals surface area contributed by atoms with Gasteiger partial charge in [0.2, 0.25) is 0 Å². The van der Waals surface area contributed by atoms with Gasteiger partial charge in [0.05, 0.1) is 0 Å². The molecule has 5 heteroatoms. The summed E-state index contributed by atoms with van der Waals surface area (Å²) in [7, 11) is 0. The first kappa shape index (κ1) is 17.0. The Labute approximate surface area is 125 Å². The fourth-order valence-electron chi connectivity index (χ4n) is 1.89. The minimum Gasteiger partial charge on any atom is -0.480 e. The van der Waals surface area contributed by atoms with E-state index < -0.39 is 23.7 Å². The number of carbonyl (C=O) groups excluding carboxylic acids is 1. The summed E-state index contributed by atoms with van der Waals surface area (Å²) in [5.41, 5.74) is 1.52. The maximum atomic E-state index is 11.6. The molecule has 0 bridgehead atoms. The van der Waals surface area contributed by atoms with Crippen molar-refractivity contribution >= 4 is 12.1 Å². The first-order valence-corrected chi connectivity index (χ1v) is 6.95. The van der Waals surface area contributed by atoms with E-state index in [1.165, 1.54) is 0 Å². The Balaban J connectivity index is 2.58. The molecule has 0 heterocycles. The van der Waals surface area contributed by atoms with Crippen LogP contribution in [0.25, 0.3) is 0 Å². The third-order valence-corrected chi connectivity index (χ3v) is 2.79. The van der Waals surface area contributed by atoms with E-state index in [1.807, 2.05) is 31.2 Å². The Kier molecular flexibility index (Phi) is 5.76. The molecule has 0 aliphatic heterocycles. The molecule has 5 nitrogen and oxygen atoms in total. The fourth-order valence-corrected chi connectivity index (χ4v) is 1.89. The molecule has 1 atom stereocenters. The molecule has 0 aromatic heterocycles. The molecule has 1 rings (SSSR count). The normalized spacial score (nSPS) is 12.6. The maximum absolute atomic E-state index is 11.6. The Hall–Kier alpha value is -2.04. The van der Waals surface area contributed by atoms with Crippen LogP contribution in [-0.2, 0) is 16.0 Å².